The molecule has 4 atom stereocenters. The number of nitro benzene ring substituents is 1. The van der Waals surface area contributed by atoms with Crippen LogP contribution in [-0.2, 0) is 20.8 Å². The lowest BCUT2D eigenvalue weighted by Crippen LogP contribution is -2.33. The Bertz CT molecular complexity index is 1100. The smallest absolute Gasteiger partial charge is 0.338 e. The minimum Gasteiger partial charge on any atom is -0.459 e. The van der Waals surface area contributed by atoms with Crippen molar-refractivity contribution in [2.45, 2.75) is 35.3 Å². The normalized spacial score (nSPS) is 21.8. The maximum Gasteiger partial charge on any atom is 0.338 e. The molecule has 1 fully saturated rings. The zero-order valence-corrected chi connectivity index (χ0v) is 18.9. The molecule has 0 amide bonds. The molecule has 9 heteroatoms. The number of hydrogen-bond acceptors (Lipinski definition) is 8. The average molecular weight is 482 g/mol. The standard InChI is InChI=1S/C25H23NO7S/c27-22-21(16-31-24(28)18-9-5-2-6-10-18)33-25(32-15-17-7-3-1-4-8-17)23(22)34-20-13-11-19(12-14-20)26(29)30/h1-14,21-23,25,27H,15-16H2/t21-,22+,23-,25-/m1/s1. The summed E-state index contributed by atoms with van der Waals surface area (Å²) in [5, 5.41) is 21.4. The van der Waals surface area contributed by atoms with Crippen molar-refractivity contribution >= 4 is 23.4 Å². The third-order valence-electron chi connectivity index (χ3n) is 5.26. The predicted molar refractivity (Wildman–Crippen MR) is 125 cm³/mol. The number of nitro groups is 1. The summed E-state index contributed by atoms with van der Waals surface area (Å²) in [6, 6.07) is 24.2. The third kappa shape index (κ3) is 6.00. The Hall–Kier alpha value is -3.24. The molecule has 0 saturated carbocycles. The van der Waals surface area contributed by atoms with E-state index >= 15 is 0 Å². The number of aliphatic hydroxyl groups is 1. The molecular formula is C25H23NO7S. The van der Waals surface area contributed by atoms with E-state index in [4.69, 9.17) is 14.2 Å². The van der Waals surface area contributed by atoms with Crippen LogP contribution in [0, 0.1) is 10.1 Å². The number of non-ortho nitro benzene ring substituents is 1. The zero-order valence-electron chi connectivity index (χ0n) is 18.1. The molecular weight excluding hydrogens is 458 g/mol. The number of rotatable bonds is 9. The van der Waals surface area contributed by atoms with E-state index in [0.29, 0.717) is 10.5 Å². The molecule has 34 heavy (non-hydrogen) atoms. The second-order valence-corrected chi connectivity index (χ2v) is 8.88. The molecule has 1 aliphatic heterocycles. The van der Waals surface area contributed by atoms with Gasteiger partial charge < -0.3 is 19.3 Å². The van der Waals surface area contributed by atoms with Crippen molar-refractivity contribution in [3.63, 3.8) is 0 Å². The molecule has 1 saturated heterocycles. The Morgan fingerprint density at radius 2 is 1.65 bits per heavy atom. The summed E-state index contributed by atoms with van der Waals surface area (Å²) in [4.78, 5) is 23.5. The van der Waals surface area contributed by atoms with Crippen molar-refractivity contribution in [1.82, 2.24) is 0 Å². The highest BCUT2D eigenvalue weighted by molar-refractivity contribution is 8.00. The van der Waals surface area contributed by atoms with Crippen molar-refractivity contribution < 1.29 is 29.0 Å². The fraction of sp³-hybridized carbons (Fsp3) is 0.240. The molecule has 1 heterocycles. The number of esters is 1. The summed E-state index contributed by atoms with van der Waals surface area (Å²) in [7, 11) is 0. The van der Waals surface area contributed by atoms with Crippen molar-refractivity contribution in [3.05, 3.63) is 106 Å². The first kappa shape index (κ1) is 23.9. The predicted octanol–water partition coefficient (Wildman–Crippen LogP) is 4.22. The van der Waals surface area contributed by atoms with E-state index in [1.807, 2.05) is 30.3 Å². The average Bonchev–Trinajstić information content (AvgIpc) is 3.16. The van der Waals surface area contributed by atoms with Gasteiger partial charge in [-0.15, -0.1) is 11.8 Å². The number of thioether (sulfide) groups is 1. The lowest BCUT2D eigenvalue weighted by molar-refractivity contribution is -0.384. The van der Waals surface area contributed by atoms with Gasteiger partial charge in [0, 0.05) is 17.0 Å². The van der Waals surface area contributed by atoms with Crippen LogP contribution in [0.25, 0.3) is 0 Å². The van der Waals surface area contributed by atoms with Gasteiger partial charge in [-0.3, -0.25) is 10.1 Å². The maximum atomic E-state index is 12.3. The Morgan fingerprint density at radius 3 is 2.29 bits per heavy atom. The van der Waals surface area contributed by atoms with E-state index < -0.39 is 34.6 Å². The van der Waals surface area contributed by atoms with E-state index in [1.54, 1.807) is 42.5 Å². The van der Waals surface area contributed by atoms with Gasteiger partial charge >= 0.3 is 5.97 Å². The quantitative estimate of drug-likeness (QED) is 0.275. The molecule has 0 bridgehead atoms. The molecule has 176 valence electrons. The van der Waals surface area contributed by atoms with Crippen LogP contribution < -0.4 is 0 Å². The highest BCUT2D eigenvalue weighted by Gasteiger charge is 2.45. The molecule has 3 aromatic rings. The zero-order chi connectivity index (χ0) is 23.9. The first-order chi connectivity index (χ1) is 16.5. The van der Waals surface area contributed by atoms with Gasteiger partial charge in [-0.2, -0.15) is 0 Å². The number of carbonyl (C=O) groups excluding carboxylic acids is 1. The fourth-order valence-electron chi connectivity index (χ4n) is 3.47. The van der Waals surface area contributed by atoms with Gasteiger partial charge in [0.1, 0.15) is 18.8 Å². The summed E-state index contributed by atoms with van der Waals surface area (Å²) in [5.41, 5.74) is 1.33. The SMILES string of the molecule is O=C(OC[C@H]1O[C@@H](OCc2ccccc2)[C@H](Sc2ccc([N+](=O)[O-])cc2)[C@H]1O)c1ccccc1. The molecule has 4 rings (SSSR count). The number of benzene rings is 3. The van der Waals surface area contributed by atoms with Gasteiger partial charge in [-0.25, -0.2) is 4.79 Å². The van der Waals surface area contributed by atoms with Crippen molar-refractivity contribution in [2.24, 2.45) is 0 Å². The maximum absolute atomic E-state index is 12.3. The first-order valence-corrected chi connectivity index (χ1v) is 11.5. The van der Waals surface area contributed by atoms with Crippen LogP contribution in [-0.4, -0.2) is 46.4 Å². The summed E-state index contributed by atoms with van der Waals surface area (Å²) >= 11 is 1.29. The van der Waals surface area contributed by atoms with E-state index in [9.17, 15) is 20.0 Å². The molecule has 3 aromatic carbocycles. The number of ether oxygens (including phenoxy) is 3. The number of hydrogen-bond donors (Lipinski definition) is 1. The van der Waals surface area contributed by atoms with Gasteiger partial charge in [0.15, 0.2) is 6.29 Å². The molecule has 0 aliphatic carbocycles. The topological polar surface area (TPSA) is 108 Å². The molecule has 1 N–H and O–H groups in total. The molecule has 1 aliphatic rings. The van der Waals surface area contributed by atoms with E-state index in [0.717, 1.165) is 5.56 Å². The van der Waals surface area contributed by atoms with Gasteiger partial charge in [0.05, 0.1) is 22.3 Å². The van der Waals surface area contributed by atoms with Crippen molar-refractivity contribution in [1.29, 1.82) is 0 Å². The minimum absolute atomic E-state index is 0.0184. The lowest BCUT2D eigenvalue weighted by Gasteiger charge is -2.20. The number of aliphatic hydroxyl groups excluding tert-OH is 1. The largest absolute Gasteiger partial charge is 0.459 e. The second-order valence-electron chi connectivity index (χ2n) is 7.63. The summed E-state index contributed by atoms with van der Waals surface area (Å²) in [6.45, 7) is 0.128. The molecule has 0 aromatic heterocycles. The van der Waals surface area contributed by atoms with E-state index in [-0.39, 0.29) is 18.9 Å². The van der Waals surface area contributed by atoms with Crippen LogP contribution >= 0.6 is 11.8 Å². The van der Waals surface area contributed by atoms with Crippen molar-refractivity contribution in [2.75, 3.05) is 6.61 Å². The Labute approximate surface area is 200 Å². The summed E-state index contributed by atoms with van der Waals surface area (Å²) < 4.78 is 17.3. The van der Waals surface area contributed by atoms with Gasteiger partial charge in [0.2, 0.25) is 0 Å². The second kappa shape index (κ2) is 11.3. The Balaban J connectivity index is 1.44. The summed E-state index contributed by atoms with van der Waals surface area (Å²) in [6.07, 6.45) is -2.57. The summed E-state index contributed by atoms with van der Waals surface area (Å²) in [5.74, 6) is -0.510. The molecule has 0 unspecified atom stereocenters. The van der Waals surface area contributed by atoms with Crippen LogP contribution in [0.15, 0.2) is 89.8 Å². The van der Waals surface area contributed by atoms with Crippen LogP contribution in [0.2, 0.25) is 0 Å². The van der Waals surface area contributed by atoms with Crippen molar-refractivity contribution in [3.8, 4) is 0 Å². The molecule has 0 radical (unpaired) electrons. The van der Waals surface area contributed by atoms with Crippen LogP contribution in [0.3, 0.4) is 0 Å². The highest BCUT2D eigenvalue weighted by atomic mass is 32.2. The minimum atomic E-state index is -0.996. The molecule has 8 nitrogen and oxygen atoms in total. The number of carbonyl (C=O) groups is 1. The van der Waals surface area contributed by atoms with E-state index in [2.05, 4.69) is 0 Å². The number of nitrogens with zero attached hydrogens (tertiary/aromatic N) is 1. The fourth-order valence-corrected chi connectivity index (χ4v) is 4.65. The lowest BCUT2D eigenvalue weighted by atomic mass is 10.2. The molecule has 0 spiro atoms. The van der Waals surface area contributed by atoms with Gasteiger partial charge in [-0.05, 0) is 29.8 Å². The van der Waals surface area contributed by atoms with Gasteiger partial charge in [0.25, 0.3) is 5.69 Å². The van der Waals surface area contributed by atoms with Crippen LogP contribution in [0.5, 0.6) is 0 Å². The van der Waals surface area contributed by atoms with Crippen LogP contribution in [0.4, 0.5) is 5.69 Å². The van der Waals surface area contributed by atoms with Crippen LogP contribution in [0.1, 0.15) is 15.9 Å². The van der Waals surface area contributed by atoms with E-state index in [1.165, 1.54) is 23.9 Å². The Kier molecular flexibility index (Phi) is 7.91. The van der Waals surface area contributed by atoms with Gasteiger partial charge in [-0.1, -0.05) is 48.5 Å². The highest BCUT2D eigenvalue weighted by Crippen LogP contribution is 2.37. The monoisotopic (exact) mass is 481 g/mol. The first-order valence-electron chi connectivity index (χ1n) is 10.6. The third-order valence-corrected chi connectivity index (χ3v) is 6.58. The Morgan fingerprint density at radius 1 is 1.00 bits per heavy atom.